The Kier molecular flexibility index (Phi) is 7.69. The van der Waals surface area contributed by atoms with Crippen molar-refractivity contribution < 1.29 is 4.74 Å². The third kappa shape index (κ3) is 6.17. The van der Waals surface area contributed by atoms with Crippen LogP contribution >= 0.6 is 11.6 Å². The molecule has 0 fully saturated rings. The fourth-order valence-corrected chi connectivity index (χ4v) is 1.69. The summed E-state index contributed by atoms with van der Waals surface area (Å²) in [7, 11) is 0. The molecule has 0 bridgehead atoms. The van der Waals surface area contributed by atoms with E-state index in [1.54, 1.807) is 6.07 Å². The van der Waals surface area contributed by atoms with Gasteiger partial charge in [0.05, 0.1) is 6.61 Å². The van der Waals surface area contributed by atoms with Gasteiger partial charge in [-0.25, -0.2) is 9.97 Å². The smallest absolute Gasteiger partial charge is 0.134 e. The van der Waals surface area contributed by atoms with Crippen molar-refractivity contribution in [3.05, 3.63) is 17.0 Å². The van der Waals surface area contributed by atoms with Crippen molar-refractivity contribution in [2.45, 2.75) is 39.5 Å². The van der Waals surface area contributed by atoms with Gasteiger partial charge in [-0.3, -0.25) is 0 Å². The molecule has 4 nitrogen and oxygen atoms in total. The summed E-state index contributed by atoms with van der Waals surface area (Å²) in [5.74, 6) is 1.57. The second kappa shape index (κ2) is 9.11. The molecule has 1 aromatic rings. The van der Waals surface area contributed by atoms with Crippen molar-refractivity contribution >= 4 is 17.4 Å². The van der Waals surface area contributed by atoms with Gasteiger partial charge >= 0.3 is 0 Å². The van der Waals surface area contributed by atoms with Crippen LogP contribution in [-0.2, 0) is 11.2 Å². The average Bonchev–Trinajstić information content (AvgIpc) is 2.33. The highest BCUT2D eigenvalue weighted by atomic mass is 35.5. The quantitative estimate of drug-likeness (QED) is 0.553. The van der Waals surface area contributed by atoms with Crippen LogP contribution in [0.2, 0.25) is 5.15 Å². The Bertz CT molecular complexity index is 347. The lowest BCUT2D eigenvalue weighted by atomic mass is 10.3. The number of hydrogen-bond donors (Lipinski definition) is 1. The minimum atomic E-state index is 0.489. The lowest BCUT2D eigenvalue weighted by Gasteiger charge is -2.08. The largest absolute Gasteiger partial charge is 0.380 e. The van der Waals surface area contributed by atoms with E-state index in [0.29, 0.717) is 11.8 Å². The molecule has 102 valence electrons. The van der Waals surface area contributed by atoms with Gasteiger partial charge in [-0.2, -0.15) is 0 Å². The second-order valence-electron chi connectivity index (χ2n) is 4.13. The van der Waals surface area contributed by atoms with Gasteiger partial charge in [-0.15, -0.1) is 0 Å². The average molecular weight is 272 g/mol. The summed E-state index contributed by atoms with van der Waals surface area (Å²) in [4.78, 5) is 8.57. The zero-order valence-electron chi connectivity index (χ0n) is 11.2. The van der Waals surface area contributed by atoms with E-state index in [1.165, 1.54) is 0 Å². The van der Waals surface area contributed by atoms with Gasteiger partial charge in [0.2, 0.25) is 0 Å². The van der Waals surface area contributed by atoms with E-state index >= 15 is 0 Å². The number of aryl methyl sites for hydroxylation is 1. The van der Waals surface area contributed by atoms with E-state index in [9.17, 15) is 0 Å². The van der Waals surface area contributed by atoms with Crippen LogP contribution < -0.4 is 5.32 Å². The highest BCUT2D eigenvalue weighted by Gasteiger charge is 2.02. The summed E-state index contributed by atoms with van der Waals surface area (Å²) < 4.78 is 5.46. The monoisotopic (exact) mass is 271 g/mol. The highest BCUT2D eigenvalue weighted by Crippen LogP contribution is 2.12. The summed E-state index contributed by atoms with van der Waals surface area (Å²) in [6.45, 7) is 6.50. The number of aromatic nitrogens is 2. The van der Waals surface area contributed by atoms with Crippen molar-refractivity contribution in [2.75, 3.05) is 25.1 Å². The van der Waals surface area contributed by atoms with Crippen molar-refractivity contribution in [1.82, 2.24) is 9.97 Å². The number of nitrogens with one attached hydrogen (secondary N) is 1. The zero-order valence-corrected chi connectivity index (χ0v) is 12.0. The maximum Gasteiger partial charge on any atom is 0.134 e. The molecular weight excluding hydrogens is 250 g/mol. The zero-order chi connectivity index (χ0) is 13.2. The Morgan fingerprint density at radius 1 is 1.22 bits per heavy atom. The van der Waals surface area contributed by atoms with Gasteiger partial charge < -0.3 is 10.1 Å². The van der Waals surface area contributed by atoms with E-state index in [4.69, 9.17) is 16.3 Å². The Hall–Kier alpha value is -0.870. The fourth-order valence-electron chi connectivity index (χ4n) is 1.49. The number of nitrogens with zero attached hydrogens (tertiary/aromatic N) is 2. The Balaban J connectivity index is 2.32. The minimum absolute atomic E-state index is 0.489. The van der Waals surface area contributed by atoms with Crippen LogP contribution in [0.15, 0.2) is 6.07 Å². The molecule has 0 aliphatic carbocycles. The standard InChI is InChI=1S/C13H22ClN3O/c1-3-5-8-18-9-7-15-13-10-11(14)16-12(17-13)6-4-2/h10H,3-9H2,1-2H3,(H,15,16,17). The molecule has 0 unspecified atom stereocenters. The summed E-state index contributed by atoms with van der Waals surface area (Å²) in [6, 6.07) is 1.74. The number of unbranched alkanes of at least 4 members (excludes halogenated alkanes) is 1. The summed E-state index contributed by atoms with van der Waals surface area (Å²) in [5, 5.41) is 3.69. The predicted octanol–water partition coefficient (Wildman–Crippen LogP) is 3.31. The maximum atomic E-state index is 5.94. The molecule has 1 rings (SSSR count). The first kappa shape index (κ1) is 15.2. The Morgan fingerprint density at radius 3 is 2.78 bits per heavy atom. The first-order valence-corrected chi connectivity index (χ1v) is 6.99. The van der Waals surface area contributed by atoms with Crippen molar-refractivity contribution in [1.29, 1.82) is 0 Å². The van der Waals surface area contributed by atoms with Crippen molar-refractivity contribution in [3.63, 3.8) is 0 Å². The molecule has 5 heteroatoms. The molecule has 0 radical (unpaired) electrons. The molecule has 1 heterocycles. The van der Waals surface area contributed by atoms with Gasteiger partial charge in [0.25, 0.3) is 0 Å². The van der Waals surface area contributed by atoms with E-state index in [0.717, 1.165) is 50.5 Å². The Labute approximate surface area is 114 Å². The van der Waals surface area contributed by atoms with E-state index < -0.39 is 0 Å². The van der Waals surface area contributed by atoms with Gasteiger partial charge in [-0.05, 0) is 12.8 Å². The number of ether oxygens (including phenoxy) is 1. The lowest BCUT2D eigenvalue weighted by Crippen LogP contribution is -2.12. The molecule has 18 heavy (non-hydrogen) atoms. The first-order valence-electron chi connectivity index (χ1n) is 6.61. The third-order valence-electron chi connectivity index (χ3n) is 2.41. The Morgan fingerprint density at radius 2 is 2.06 bits per heavy atom. The van der Waals surface area contributed by atoms with Crippen LogP contribution in [0, 0.1) is 0 Å². The fraction of sp³-hybridized carbons (Fsp3) is 0.692. The number of anilines is 1. The molecule has 0 aliphatic rings. The van der Waals surface area contributed by atoms with Crippen LogP contribution in [0.25, 0.3) is 0 Å². The predicted molar refractivity (Wildman–Crippen MR) is 75.3 cm³/mol. The third-order valence-corrected chi connectivity index (χ3v) is 2.60. The molecule has 0 amide bonds. The topological polar surface area (TPSA) is 47.0 Å². The molecular formula is C13H22ClN3O. The molecule has 0 aromatic carbocycles. The van der Waals surface area contributed by atoms with Crippen molar-refractivity contribution in [3.8, 4) is 0 Å². The number of hydrogen-bond acceptors (Lipinski definition) is 4. The van der Waals surface area contributed by atoms with Crippen LogP contribution in [0.1, 0.15) is 38.9 Å². The van der Waals surface area contributed by atoms with Crippen LogP contribution in [0.5, 0.6) is 0 Å². The molecule has 1 aromatic heterocycles. The molecule has 1 N–H and O–H groups in total. The normalized spacial score (nSPS) is 10.6. The number of halogens is 1. The van der Waals surface area contributed by atoms with Gasteiger partial charge in [0.1, 0.15) is 16.8 Å². The van der Waals surface area contributed by atoms with Crippen LogP contribution in [0.3, 0.4) is 0 Å². The SMILES string of the molecule is CCCCOCCNc1cc(Cl)nc(CCC)n1. The second-order valence-corrected chi connectivity index (χ2v) is 4.52. The molecule has 0 saturated carbocycles. The van der Waals surface area contributed by atoms with Crippen LogP contribution in [0.4, 0.5) is 5.82 Å². The van der Waals surface area contributed by atoms with Gasteiger partial charge in [0.15, 0.2) is 0 Å². The molecule has 0 saturated heterocycles. The first-order chi connectivity index (χ1) is 8.76. The van der Waals surface area contributed by atoms with E-state index in [-0.39, 0.29) is 0 Å². The lowest BCUT2D eigenvalue weighted by molar-refractivity contribution is 0.141. The highest BCUT2D eigenvalue weighted by molar-refractivity contribution is 6.29. The minimum Gasteiger partial charge on any atom is -0.380 e. The molecule has 0 atom stereocenters. The van der Waals surface area contributed by atoms with Crippen molar-refractivity contribution in [2.24, 2.45) is 0 Å². The molecule has 0 spiro atoms. The van der Waals surface area contributed by atoms with Gasteiger partial charge in [-0.1, -0.05) is 31.9 Å². The summed E-state index contributed by atoms with van der Waals surface area (Å²) in [6.07, 6.45) is 4.14. The molecule has 0 aliphatic heterocycles. The number of rotatable bonds is 9. The van der Waals surface area contributed by atoms with E-state index in [1.807, 2.05) is 0 Å². The summed E-state index contributed by atoms with van der Waals surface area (Å²) in [5.41, 5.74) is 0. The van der Waals surface area contributed by atoms with Crippen LogP contribution in [-0.4, -0.2) is 29.7 Å². The maximum absolute atomic E-state index is 5.94. The van der Waals surface area contributed by atoms with Gasteiger partial charge in [0, 0.05) is 25.6 Å². The van der Waals surface area contributed by atoms with E-state index in [2.05, 4.69) is 29.1 Å². The summed E-state index contributed by atoms with van der Waals surface area (Å²) >= 11 is 5.94.